The fraction of sp³-hybridized carbons (Fsp3) is 0.273. The van der Waals surface area contributed by atoms with E-state index in [0.29, 0.717) is 12.1 Å². The molecule has 0 spiro atoms. The number of anilines is 1. The number of urea groups is 1. The minimum Gasteiger partial charge on any atom is -0.480 e. The van der Waals surface area contributed by atoms with Gasteiger partial charge in [0.2, 0.25) is 0 Å². The van der Waals surface area contributed by atoms with Crippen molar-refractivity contribution in [1.29, 1.82) is 0 Å². The zero-order chi connectivity index (χ0) is 15.3. The van der Waals surface area contributed by atoms with Gasteiger partial charge in [-0.1, -0.05) is 0 Å². The molecule has 0 saturated carbocycles. The van der Waals surface area contributed by atoms with Crippen molar-refractivity contribution in [3.63, 3.8) is 0 Å². The van der Waals surface area contributed by atoms with Crippen molar-refractivity contribution in [3.05, 3.63) is 29.6 Å². The molecule has 1 rings (SSSR count). The number of amides is 2. The molecule has 0 heterocycles. The van der Waals surface area contributed by atoms with Gasteiger partial charge in [-0.15, -0.1) is 0 Å². The number of hydrogen-bond acceptors (Lipinski definition) is 3. The minimum atomic E-state index is -1.68. The van der Waals surface area contributed by atoms with Gasteiger partial charge in [-0.2, -0.15) is 0 Å². The van der Waals surface area contributed by atoms with Crippen LogP contribution in [0.25, 0.3) is 0 Å². The van der Waals surface area contributed by atoms with Gasteiger partial charge < -0.3 is 20.8 Å². The Morgan fingerprint density at radius 1 is 1.20 bits per heavy atom. The number of carbonyl (C=O) groups is 2. The lowest BCUT2D eigenvalue weighted by molar-refractivity contribution is -0.139. The number of hydrogen-bond donors (Lipinski definition) is 4. The summed E-state index contributed by atoms with van der Waals surface area (Å²) in [7, 11) is 0. The fourth-order valence-corrected chi connectivity index (χ4v) is 1.34. The van der Waals surface area contributed by atoms with Gasteiger partial charge in [-0.05, 0) is 0 Å². The molecule has 9 heteroatoms. The van der Waals surface area contributed by atoms with E-state index in [2.05, 4.69) is 0 Å². The molecular formula is C11H11F3N2O4. The number of carboxylic acids is 1. The maximum atomic E-state index is 12.9. The third-order valence-electron chi connectivity index (χ3n) is 2.26. The van der Waals surface area contributed by atoms with Crippen molar-refractivity contribution >= 4 is 17.7 Å². The van der Waals surface area contributed by atoms with E-state index in [1.165, 1.54) is 0 Å². The molecule has 0 unspecified atom stereocenters. The second-order valence-electron chi connectivity index (χ2n) is 3.76. The molecule has 0 aliphatic rings. The van der Waals surface area contributed by atoms with Crippen LogP contribution in [0.4, 0.5) is 23.7 Å². The van der Waals surface area contributed by atoms with E-state index in [1.54, 1.807) is 0 Å². The standard InChI is InChI=1S/C11H11F3N2O4/c12-6-3-5(4-7(13)9(6)14)15-11(20)16-8(1-2-17)10(18)19/h3-4,8,17H,1-2H2,(H,18,19)(H2,15,16,20)/t8-/m0/s1. The van der Waals surface area contributed by atoms with Crippen molar-refractivity contribution in [1.82, 2.24) is 5.32 Å². The van der Waals surface area contributed by atoms with Gasteiger partial charge >= 0.3 is 12.0 Å². The summed E-state index contributed by atoms with van der Waals surface area (Å²) in [6, 6.07) is -1.34. The zero-order valence-electron chi connectivity index (χ0n) is 9.99. The lowest BCUT2D eigenvalue weighted by Crippen LogP contribution is -2.43. The summed E-state index contributed by atoms with van der Waals surface area (Å²) in [6.45, 7) is -0.475. The van der Waals surface area contributed by atoms with E-state index in [-0.39, 0.29) is 12.1 Å². The Morgan fingerprint density at radius 2 is 1.75 bits per heavy atom. The third kappa shape index (κ3) is 4.12. The molecule has 0 aromatic heterocycles. The van der Waals surface area contributed by atoms with Gasteiger partial charge in [-0.25, -0.2) is 22.8 Å². The average molecular weight is 292 g/mol. The summed E-state index contributed by atoms with van der Waals surface area (Å²) in [4.78, 5) is 22.1. The molecule has 0 saturated heterocycles. The van der Waals surface area contributed by atoms with Crippen molar-refractivity contribution in [2.24, 2.45) is 0 Å². The van der Waals surface area contributed by atoms with Gasteiger partial charge in [0.1, 0.15) is 6.04 Å². The van der Waals surface area contributed by atoms with Crippen molar-refractivity contribution in [2.45, 2.75) is 12.5 Å². The Balaban J connectivity index is 2.73. The van der Waals surface area contributed by atoms with Gasteiger partial charge in [0, 0.05) is 30.8 Å². The predicted molar refractivity (Wildman–Crippen MR) is 61.6 cm³/mol. The summed E-state index contributed by atoms with van der Waals surface area (Å²) in [6.07, 6.45) is -0.241. The molecule has 0 aliphatic heterocycles. The van der Waals surface area contributed by atoms with Crippen LogP contribution < -0.4 is 10.6 Å². The van der Waals surface area contributed by atoms with Gasteiger partial charge in [0.05, 0.1) is 0 Å². The summed E-state index contributed by atoms with van der Waals surface area (Å²) in [5.74, 6) is -6.05. The van der Waals surface area contributed by atoms with E-state index in [0.717, 1.165) is 0 Å². The third-order valence-corrected chi connectivity index (χ3v) is 2.26. The number of aliphatic hydroxyl groups is 1. The SMILES string of the molecule is O=C(Nc1cc(F)c(F)c(F)c1)N[C@@H](CCO)C(=O)O. The van der Waals surface area contributed by atoms with Gasteiger partial charge in [0.25, 0.3) is 0 Å². The van der Waals surface area contributed by atoms with Crippen molar-refractivity contribution in [2.75, 3.05) is 11.9 Å². The maximum Gasteiger partial charge on any atom is 0.326 e. The second kappa shape index (κ2) is 6.75. The summed E-state index contributed by atoms with van der Waals surface area (Å²) >= 11 is 0. The van der Waals surface area contributed by atoms with Crippen LogP contribution in [0.5, 0.6) is 0 Å². The summed E-state index contributed by atoms with van der Waals surface area (Å²) in [5.41, 5.74) is -0.382. The fourth-order valence-electron chi connectivity index (χ4n) is 1.34. The molecule has 6 nitrogen and oxygen atoms in total. The monoisotopic (exact) mass is 292 g/mol. The highest BCUT2D eigenvalue weighted by Gasteiger charge is 2.19. The largest absolute Gasteiger partial charge is 0.480 e. The highest BCUT2D eigenvalue weighted by atomic mass is 19.2. The molecular weight excluding hydrogens is 281 g/mol. The Morgan fingerprint density at radius 3 is 2.20 bits per heavy atom. The number of halogens is 3. The van der Waals surface area contributed by atoms with Crippen molar-refractivity contribution < 1.29 is 33.0 Å². The normalized spacial score (nSPS) is 11.8. The molecule has 2 amide bonds. The topological polar surface area (TPSA) is 98.7 Å². The average Bonchev–Trinajstić information content (AvgIpc) is 2.35. The second-order valence-corrected chi connectivity index (χ2v) is 3.76. The lowest BCUT2D eigenvalue weighted by Gasteiger charge is -2.14. The Kier molecular flexibility index (Phi) is 5.32. The van der Waals surface area contributed by atoms with E-state index in [4.69, 9.17) is 10.2 Å². The smallest absolute Gasteiger partial charge is 0.326 e. The first-order valence-corrected chi connectivity index (χ1v) is 5.41. The van der Waals surface area contributed by atoms with Crippen LogP contribution in [-0.4, -0.2) is 34.9 Å². The predicted octanol–water partition coefficient (Wildman–Crippen LogP) is 1.06. The van der Waals surface area contributed by atoms with Crippen LogP contribution in [0, 0.1) is 17.5 Å². The first kappa shape index (κ1) is 15.8. The molecule has 0 bridgehead atoms. The minimum absolute atomic E-state index is 0.241. The first-order chi connectivity index (χ1) is 9.35. The molecule has 1 aromatic carbocycles. The van der Waals surface area contributed by atoms with Crippen LogP contribution in [0.15, 0.2) is 12.1 Å². The Bertz CT molecular complexity index is 501. The highest BCUT2D eigenvalue weighted by molar-refractivity contribution is 5.92. The number of carbonyl (C=O) groups excluding carboxylic acids is 1. The quantitative estimate of drug-likeness (QED) is 0.610. The van der Waals surface area contributed by atoms with Crippen LogP contribution in [-0.2, 0) is 4.79 Å². The lowest BCUT2D eigenvalue weighted by atomic mass is 10.2. The first-order valence-electron chi connectivity index (χ1n) is 5.41. The molecule has 0 radical (unpaired) electrons. The van der Waals surface area contributed by atoms with Gasteiger partial charge in [-0.3, -0.25) is 0 Å². The Hall–Kier alpha value is -2.29. The number of aliphatic hydroxyl groups excluding tert-OH is 1. The van der Waals surface area contributed by atoms with E-state index in [1.807, 2.05) is 10.6 Å². The van der Waals surface area contributed by atoms with Crippen molar-refractivity contribution in [3.8, 4) is 0 Å². The molecule has 20 heavy (non-hydrogen) atoms. The molecule has 0 fully saturated rings. The Labute approximate surface area is 111 Å². The van der Waals surface area contributed by atoms with Crippen LogP contribution in [0.2, 0.25) is 0 Å². The molecule has 1 atom stereocenters. The van der Waals surface area contributed by atoms with E-state index in [9.17, 15) is 22.8 Å². The van der Waals surface area contributed by atoms with E-state index < -0.39 is 42.1 Å². The van der Waals surface area contributed by atoms with Gasteiger partial charge in [0.15, 0.2) is 17.5 Å². The van der Waals surface area contributed by atoms with Crippen LogP contribution in [0.3, 0.4) is 0 Å². The summed E-state index contributed by atoms with van der Waals surface area (Å²) < 4.78 is 38.5. The molecule has 110 valence electrons. The molecule has 0 aliphatic carbocycles. The maximum absolute atomic E-state index is 12.9. The number of nitrogens with one attached hydrogen (secondary N) is 2. The number of benzene rings is 1. The van der Waals surface area contributed by atoms with Crippen LogP contribution >= 0.6 is 0 Å². The van der Waals surface area contributed by atoms with E-state index >= 15 is 0 Å². The number of aliphatic carboxylic acids is 1. The molecule has 4 N–H and O–H groups in total. The number of rotatable bonds is 5. The summed E-state index contributed by atoms with van der Waals surface area (Å²) in [5, 5.41) is 21.3. The van der Waals surface area contributed by atoms with Crippen LogP contribution in [0.1, 0.15) is 6.42 Å². The number of carboxylic acid groups (broad SMARTS) is 1. The molecule has 1 aromatic rings. The zero-order valence-corrected chi connectivity index (χ0v) is 9.99. The highest BCUT2D eigenvalue weighted by Crippen LogP contribution is 2.17.